The van der Waals surface area contributed by atoms with Crippen molar-refractivity contribution in [3.63, 3.8) is 0 Å². The third kappa shape index (κ3) is 3.46. The maximum Gasteiger partial charge on any atom is 0.248 e. The van der Waals surface area contributed by atoms with Gasteiger partial charge in [0.15, 0.2) is 0 Å². The zero-order valence-corrected chi connectivity index (χ0v) is 11.8. The van der Waals surface area contributed by atoms with E-state index in [2.05, 4.69) is 10.2 Å². The molecule has 3 N–H and O–H groups in total. The highest BCUT2D eigenvalue weighted by molar-refractivity contribution is 7.89. The molecule has 0 saturated heterocycles. The van der Waals surface area contributed by atoms with Crippen LogP contribution in [0.5, 0.6) is 0 Å². The molecule has 0 saturated carbocycles. The summed E-state index contributed by atoms with van der Waals surface area (Å²) in [4.78, 5) is 0.0784. The Balaban J connectivity index is 2.92. The fraction of sp³-hybridized carbons (Fsp3) is 0.727. The first kappa shape index (κ1) is 15.0. The maximum absolute atomic E-state index is 12.4. The van der Waals surface area contributed by atoms with Crippen LogP contribution in [-0.4, -0.2) is 36.0 Å². The van der Waals surface area contributed by atoms with Crippen LogP contribution in [0.4, 0.5) is 5.82 Å². The van der Waals surface area contributed by atoms with Crippen LogP contribution >= 0.6 is 0 Å². The third-order valence-corrected chi connectivity index (χ3v) is 4.70. The number of hydrogen-bond acceptors (Lipinski definition) is 4. The van der Waals surface area contributed by atoms with Gasteiger partial charge in [-0.2, -0.15) is 9.40 Å². The number of nitrogens with zero attached hydrogens (tertiary/aromatic N) is 2. The summed E-state index contributed by atoms with van der Waals surface area (Å²) in [5, 5.41) is 6.14. The van der Waals surface area contributed by atoms with E-state index >= 15 is 0 Å². The molecule has 1 aromatic rings. The Bertz CT molecular complexity index is 447. The number of H-pyrrole nitrogens is 1. The molecular formula is C11H22N4O2S. The molecule has 1 heterocycles. The summed E-state index contributed by atoms with van der Waals surface area (Å²) in [5.74, 6) is 0.105. The van der Waals surface area contributed by atoms with Crippen LogP contribution in [0.3, 0.4) is 0 Å². The second-order valence-electron chi connectivity index (χ2n) is 4.26. The lowest BCUT2D eigenvalue weighted by Gasteiger charge is -2.21. The number of rotatable bonds is 8. The van der Waals surface area contributed by atoms with Gasteiger partial charge in [0.2, 0.25) is 10.0 Å². The van der Waals surface area contributed by atoms with Crippen molar-refractivity contribution in [3.8, 4) is 0 Å². The number of anilines is 1. The SMILES string of the molecule is CCCCN(CCCC)S(=O)(=O)c1cn[nH]c1N. The number of nitrogens with one attached hydrogen (secondary N) is 1. The van der Waals surface area contributed by atoms with Crippen LogP contribution in [0, 0.1) is 0 Å². The second kappa shape index (κ2) is 6.75. The zero-order valence-electron chi connectivity index (χ0n) is 11.0. The van der Waals surface area contributed by atoms with Crippen molar-refractivity contribution in [1.29, 1.82) is 0 Å². The quantitative estimate of drug-likeness (QED) is 0.753. The summed E-state index contributed by atoms with van der Waals surface area (Å²) in [5.41, 5.74) is 5.60. The first-order valence-electron chi connectivity index (χ1n) is 6.33. The highest BCUT2D eigenvalue weighted by atomic mass is 32.2. The van der Waals surface area contributed by atoms with E-state index in [0.717, 1.165) is 25.7 Å². The summed E-state index contributed by atoms with van der Waals surface area (Å²) in [6, 6.07) is 0. The minimum absolute atomic E-state index is 0.0784. The largest absolute Gasteiger partial charge is 0.383 e. The highest BCUT2D eigenvalue weighted by Gasteiger charge is 2.26. The zero-order chi connectivity index (χ0) is 13.6. The van der Waals surface area contributed by atoms with Crippen molar-refractivity contribution in [3.05, 3.63) is 6.20 Å². The molecule has 0 radical (unpaired) electrons. The molecule has 18 heavy (non-hydrogen) atoms. The van der Waals surface area contributed by atoms with E-state index in [1.165, 1.54) is 10.5 Å². The molecule has 0 aromatic carbocycles. The number of aromatic nitrogens is 2. The number of unbranched alkanes of at least 4 members (excludes halogenated alkanes) is 2. The van der Waals surface area contributed by atoms with Crippen molar-refractivity contribution in [2.45, 2.75) is 44.4 Å². The minimum Gasteiger partial charge on any atom is -0.383 e. The number of hydrogen-bond donors (Lipinski definition) is 2. The lowest BCUT2D eigenvalue weighted by atomic mass is 10.3. The summed E-state index contributed by atoms with van der Waals surface area (Å²) < 4.78 is 26.3. The monoisotopic (exact) mass is 274 g/mol. The molecule has 1 rings (SSSR count). The Labute approximate surface area is 109 Å². The molecule has 104 valence electrons. The number of nitrogens with two attached hydrogens (primary N) is 1. The summed E-state index contributed by atoms with van der Waals surface area (Å²) in [6.07, 6.45) is 4.88. The van der Waals surface area contributed by atoms with Gasteiger partial charge >= 0.3 is 0 Å². The van der Waals surface area contributed by atoms with Gasteiger partial charge in [0.1, 0.15) is 10.7 Å². The molecule has 0 unspecified atom stereocenters. The second-order valence-corrected chi connectivity index (χ2v) is 6.17. The van der Waals surface area contributed by atoms with Crippen LogP contribution in [0.25, 0.3) is 0 Å². The Morgan fingerprint density at radius 3 is 2.22 bits per heavy atom. The molecule has 0 amide bonds. The normalized spacial score (nSPS) is 12.2. The van der Waals surface area contributed by atoms with Crippen molar-refractivity contribution >= 4 is 15.8 Å². The number of aromatic amines is 1. The Kier molecular flexibility index (Phi) is 5.61. The van der Waals surface area contributed by atoms with Gasteiger partial charge in [-0.15, -0.1) is 0 Å². The van der Waals surface area contributed by atoms with Crippen LogP contribution < -0.4 is 5.73 Å². The average molecular weight is 274 g/mol. The van der Waals surface area contributed by atoms with Crippen molar-refractivity contribution in [1.82, 2.24) is 14.5 Å². The van der Waals surface area contributed by atoms with Gasteiger partial charge in [0.25, 0.3) is 0 Å². The molecule has 0 atom stereocenters. The van der Waals surface area contributed by atoms with Gasteiger partial charge in [-0.1, -0.05) is 26.7 Å². The van der Waals surface area contributed by atoms with E-state index in [9.17, 15) is 8.42 Å². The fourth-order valence-electron chi connectivity index (χ4n) is 1.65. The van der Waals surface area contributed by atoms with Crippen molar-refractivity contribution in [2.24, 2.45) is 0 Å². The van der Waals surface area contributed by atoms with E-state index in [-0.39, 0.29) is 10.7 Å². The molecule has 0 aliphatic heterocycles. The van der Waals surface area contributed by atoms with Crippen LogP contribution in [0.15, 0.2) is 11.1 Å². The van der Waals surface area contributed by atoms with Crippen LogP contribution in [0.2, 0.25) is 0 Å². The molecule has 0 aliphatic rings. The maximum atomic E-state index is 12.4. The first-order valence-corrected chi connectivity index (χ1v) is 7.77. The van der Waals surface area contributed by atoms with Crippen molar-refractivity contribution < 1.29 is 8.42 Å². The van der Waals surface area contributed by atoms with Crippen LogP contribution in [-0.2, 0) is 10.0 Å². The number of nitrogen functional groups attached to an aromatic ring is 1. The molecule has 7 heteroatoms. The van der Waals surface area contributed by atoms with Gasteiger partial charge in [0, 0.05) is 13.1 Å². The Morgan fingerprint density at radius 2 is 1.83 bits per heavy atom. The first-order chi connectivity index (χ1) is 8.54. The minimum atomic E-state index is -3.52. The third-order valence-electron chi connectivity index (χ3n) is 2.77. The topological polar surface area (TPSA) is 92.1 Å². The van der Waals surface area contributed by atoms with E-state index in [1.54, 1.807) is 0 Å². The van der Waals surface area contributed by atoms with E-state index in [0.29, 0.717) is 13.1 Å². The van der Waals surface area contributed by atoms with E-state index < -0.39 is 10.0 Å². The summed E-state index contributed by atoms with van der Waals surface area (Å²) in [6.45, 7) is 5.14. The Morgan fingerprint density at radius 1 is 1.28 bits per heavy atom. The summed E-state index contributed by atoms with van der Waals surface area (Å²) in [7, 11) is -3.52. The molecule has 1 aromatic heterocycles. The van der Waals surface area contributed by atoms with Gasteiger partial charge in [-0.05, 0) is 12.8 Å². The van der Waals surface area contributed by atoms with Gasteiger partial charge in [-0.25, -0.2) is 8.42 Å². The van der Waals surface area contributed by atoms with Gasteiger partial charge in [-0.3, -0.25) is 5.10 Å². The predicted octanol–water partition coefficient (Wildman–Crippen LogP) is 1.58. The highest BCUT2D eigenvalue weighted by Crippen LogP contribution is 2.20. The molecule has 0 aliphatic carbocycles. The van der Waals surface area contributed by atoms with Gasteiger partial charge < -0.3 is 5.73 Å². The fourth-order valence-corrected chi connectivity index (χ4v) is 3.18. The smallest absolute Gasteiger partial charge is 0.248 e. The average Bonchev–Trinajstić information content (AvgIpc) is 2.76. The number of sulfonamides is 1. The molecule has 6 nitrogen and oxygen atoms in total. The van der Waals surface area contributed by atoms with E-state index in [1.807, 2.05) is 13.8 Å². The molecule has 0 fully saturated rings. The standard InChI is InChI=1S/C11H22N4O2S/c1-3-5-7-15(8-6-4-2)18(16,17)10-9-13-14-11(10)12/h9H,3-8H2,1-2H3,(H3,12,13,14). The predicted molar refractivity (Wildman–Crippen MR) is 71.6 cm³/mol. The molecular weight excluding hydrogens is 252 g/mol. The van der Waals surface area contributed by atoms with Crippen molar-refractivity contribution in [2.75, 3.05) is 18.8 Å². The van der Waals surface area contributed by atoms with E-state index in [4.69, 9.17) is 5.73 Å². The lowest BCUT2D eigenvalue weighted by molar-refractivity contribution is 0.395. The Hall–Kier alpha value is -1.08. The lowest BCUT2D eigenvalue weighted by Crippen LogP contribution is -2.33. The van der Waals surface area contributed by atoms with Crippen LogP contribution in [0.1, 0.15) is 39.5 Å². The summed E-state index contributed by atoms with van der Waals surface area (Å²) >= 11 is 0. The van der Waals surface area contributed by atoms with Gasteiger partial charge in [0.05, 0.1) is 6.20 Å². The molecule has 0 spiro atoms. The molecule has 0 bridgehead atoms.